The van der Waals surface area contributed by atoms with E-state index in [2.05, 4.69) is 26.4 Å². The molecule has 3 rings (SSSR count). The third-order valence-electron chi connectivity index (χ3n) is 3.59. The van der Waals surface area contributed by atoms with E-state index in [1.165, 1.54) is 11.3 Å². The molecular formula is C18H17N5O3S. The van der Waals surface area contributed by atoms with Gasteiger partial charge in [-0.15, -0.1) is 11.3 Å². The summed E-state index contributed by atoms with van der Waals surface area (Å²) in [6.45, 7) is 0.167. The van der Waals surface area contributed by atoms with Crippen molar-refractivity contribution >= 4 is 29.1 Å². The SMILES string of the molecule is O=C(CCNC(=O)c1cccs1)NNC(=O)c1cc(-c2ccccc2)n[nH]1. The number of nitrogens with one attached hydrogen (secondary N) is 4. The molecule has 2 aromatic heterocycles. The normalized spacial score (nSPS) is 10.2. The number of rotatable bonds is 6. The molecule has 0 fully saturated rings. The topological polar surface area (TPSA) is 116 Å². The Labute approximate surface area is 159 Å². The van der Waals surface area contributed by atoms with E-state index in [0.29, 0.717) is 10.6 Å². The summed E-state index contributed by atoms with van der Waals surface area (Å²) in [4.78, 5) is 36.2. The van der Waals surface area contributed by atoms with E-state index in [4.69, 9.17) is 0 Å². The fraction of sp³-hybridized carbons (Fsp3) is 0.111. The number of amides is 3. The van der Waals surface area contributed by atoms with Crippen LogP contribution >= 0.6 is 11.3 Å². The van der Waals surface area contributed by atoms with E-state index < -0.39 is 11.8 Å². The molecule has 0 aliphatic carbocycles. The van der Waals surface area contributed by atoms with E-state index in [1.54, 1.807) is 23.6 Å². The third kappa shape index (κ3) is 5.02. The summed E-state index contributed by atoms with van der Waals surface area (Å²) in [6, 6.07) is 14.5. The highest BCUT2D eigenvalue weighted by molar-refractivity contribution is 7.12. The molecule has 0 aliphatic rings. The van der Waals surface area contributed by atoms with E-state index in [0.717, 1.165) is 5.56 Å². The Morgan fingerprint density at radius 2 is 1.81 bits per heavy atom. The monoisotopic (exact) mass is 383 g/mol. The van der Waals surface area contributed by atoms with Crippen molar-refractivity contribution < 1.29 is 14.4 Å². The van der Waals surface area contributed by atoms with Gasteiger partial charge in [0.25, 0.3) is 11.8 Å². The number of aromatic nitrogens is 2. The van der Waals surface area contributed by atoms with E-state index in [1.807, 2.05) is 30.3 Å². The molecule has 27 heavy (non-hydrogen) atoms. The van der Waals surface area contributed by atoms with E-state index in [9.17, 15) is 14.4 Å². The lowest BCUT2D eigenvalue weighted by Crippen LogP contribution is -2.42. The van der Waals surface area contributed by atoms with Crippen LogP contribution in [0.5, 0.6) is 0 Å². The molecule has 0 bridgehead atoms. The van der Waals surface area contributed by atoms with Gasteiger partial charge in [0, 0.05) is 18.5 Å². The minimum absolute atomic E-state index is 0.0373. The van der Waals surface area contributed by atoms with Crippen molar-refractivity contribution in [3.8, 4) is 11.3 Å². The molecule has 3 aromatic rings. The lowest BCUT2D eigenvalue weighted by atomic mass is 10.1. The van der Waals surface area contributed by atoms with Gasteiger partial charge in [0.1, 0.15) is 5.69 Å². The number of nitrogens with zero attached hydrogens (tertiary/aromatic N) is 1. The van der Waals surface area contributed by atoms with Crippen LogP contribution in [0.4, 0.5) is 0 Å². The smallest absolute Gasteiger partial charge is 0.287 e. The summed E-state index contributed by atoms with van der Waals surface area (Å²) in [5, 5.41) is 11.2. The fourth-order valence-electron chi connectivity index (χ4n) is 2.24. The van der Waals surface area contributed by atoms with Crippen LogP contribution in [-0.4, -0.2) is 34.5 Å². The molecule has 8 nitrogen and oxygen atoms in total. The van der Waals surface area contributed by atoms with Gasteiger partial charge in [-0.2, -0.15) is 5.10 Å². The molecular weight excluding hydrogens is 366 g/mol. The highest BCUT2D eigenvalue weighted by Crippen LogP contribution is 2.16. The van der Waals surface area contributed by atoms with Crippen molar-refractivity contribution in [2.45, 2.75) is 6.42 Å². The number of aromatic amines is 1. The van der Waals surface area contributed by atoms with Crippen LogP contribution in [0.1, 0.15) is 26.6 Å². The summed E-state index contributed by atoms with van der Waals surface area (Å²) in [7, 11) is 0. The Balaban J connectivity index is 1.42. The molecule has 3 amide bonds. The van der Waals surface area contributed by atoms with E-state index >= 15 is 0 Å². The van der Waals surface area contributed by atoms with Gasteiger partial charge < -0.3 is 5.32 Å². The number of hydrogen-bond acceptors (Lipinski definition) is 5. The van der Waals surface area contributed by atoms with Crippen molar-refractivity contribution in [1.29, 1.82) is 0 Å². The van der Waals surface area contributed by atoms with Gasteiger partial charge in [0.05, 0.1) is 10.6 Å². The first kappa shape index (κ1) is 18.3. The van der Waals surface area contributed by atoms with Gasteiger partial charge in [0.15, 0.2) is 0 Å². The minimum atomic E-state index is -0.513. The van der Waals surface area contributed by atoms with Crippen molar-refractivity contribution in [1.82, 2.24) is 26.4 Å². The van der Waals surface area contributed by atoms with Crippen LogP contribution in [0.15, 0.2) is 53.9 Å². The summed E-state index contributed by atoms with van der Waals surface area (Å²) in [6.07, 6.45) is 0.0373. The number of thiophene rings is 1. The zero-order valence-electron chi connectivity index (χ0n) is 14.2. The number of hydrazine groups is 1. The first-order chi connectivity index (χ1) is 13.1. The van der Waals surface area contributed by atoms with Gasteiger partial charge in [-0.25, -0.2) is 0 Å². The molecule has 2 heterocycles. The predicted octanol–water partition coefficient (Wildman–Crippen LogP) is 1.72. The van der Waals surface area contributed by atoms with Crippen LogP contribution in [0.2, 0.25) is 0 Å². The largest absolute Gasteiger partial charge is 0.351 e. The molecule has 0 saturated heterocycles. The first-order valence-electron chi connectivity index (χ1n) is 8.15. The van der Waals surface area contributed by atoms with Gasteiger partial charge >= 0.3 is 0 Å². The van der Waals surface area contributed by atoms with E-state index in [-0.39, 0.29) is 24.6 Å². The maximum Gasteiger partial charge on any atom is 0.287 e. The average Bonchev–Trinajstić information content (AvgIpc) is 3.38. The van der Waals surface area contributed by atoms with Crippen molar-refractivity contribution in [3.05, 3.63) is 64.5 Å². The Kier molecular flexibility index (Phi) is 5.95. The summed E-state index contributed by atoms with van der Waals surface area (Å²) >= 11 is 1.32. The molecule has 0 atom stereocenters. The van der Waals surface area contributed by atoms with Gasteiger partial charge in [-0.3, -0.25) is 30.3 Å². The number of hydrogen-bond donors (Lipinski definition) is 4. The zero-order valence-corrected chi connectivity index (χ0v) is 15.0. The number of carbonyl (C=O) groups excluding carboxylic acids is 3. The van der Waals surface area contributed by atoms with Crippen molar-refractivity contribution in [2.24, 2.45) is 0 Å². The van der Waals surface area contributed by atoms with Crippen LogP contribution in [0, 0.1) is 0 Å². The second kappa shape index (κ2) is 8.77. The minimum Gasteiger partial charge on any atom is -0.351 e. The number of carbonyl (C=O) groups is 3. The maximum absolute atomic E-state index is 12.1. The Bertz CT molecular complexity index is 922. The maximum atomic E-state index is 12.1. The second-order valence-corrected chi connectivity index (χ2v) is 6.47. The standard InChI is InChI=1S/C18H17N5O3S/c24-16(8-9-19-18(26)15-7-4-10-27-15)22-23-17(25)14-11-13(20-21-14)12-5-2-1-3-6-12/h1-7,10-11H,8-9H2,(H,19,26)(H,20,21)(H,22,24)(H,23,25). The van der Waals surface area contributed by atoms with Crippen molar-refractivity contribution in [3.63, 3.8) is 0 Å². The number of H-pyrrole nitrogens is 1. The molecule has 0 spiro atoms. The Morgan fingerprint density at radius 1 is 1.00 bits per heavy atom. The molecule has 138 valence electrons. The highest BCUT2D eigenvalue weighted by Gasteiger charge is 2.12. The number of benzene rings is 1. The molecule has 0 radical (unpaired) electrons. The molecule has 9 heteroatoms. The van der Waals surface area contributed by atoms with Gasteiger partial charge in [-0.1, -0.05) is 36.4 Å². The zero-order chi connectivity index (χ0) is 19.1. The van der Waals surface area contributed by atoms with Crippen molar-refractivity contribution in [2.75, 3.05) is 6.54 Å². The Morgan fingerprint density at radius 3 is 2.56 bits per heavy atom. The van der Waals surface area contributed by atoms with Gasteiger partial charge in [0.2, 0.25) is 5.91 Å². The molecule has 0 unspecified atom stereocenters. The lowest BCUT2D eigenvalue weighted by molar-refractivity contribution is -0.121. The van der Waals surface area contributed by atoms with Crippen LogP contribution in [0.25, 0.3) is 11.3 Å². The molecule has 0 saturated carbocycles. The summed E-state index contributed by atoms with van der Waals surface area (Å²) in [5.41, 5.74) is 6.34. The first-order valence-corrected chi connectivity index (χ1v) is 9.03. The Hall–Kier alpha value is -3.46. The molecule has 1 aromatic carbocycles. The molecule has 0 aliphatic heterocycles. The summed E-state index contributed by atoms with van der Waals surface area (Å²) in [5.74, 6) is -1.16. The quantitative estimate of drug-likeness (QED) is 0.485. The van der Waals surface area contributed by atoms with Crippen LogP contribution in [-0.2, 0) is 4.79 Å². The fourth-order valence-corrected chi connectivity index (χ4v) is 2.88. The highest BCUT2D eigenvalue weighted by atomic mass is 32.1. The summed E-state index contributed by atoms with van der Waals surface area (Å²) < 4.78 is 0. The predicted molar refractivity (Wildman–Crippen MR) is 101 cm³/mol. The van der Waals surface area contributed by atoms with Crippen LogP contribution in [0.3, 0.4) is 0 Å². The third-order valence-corrected chi connectivity index (χ3v) is 4.46. The average molecular weight is 383 g/mol. The van der Waals surface area contributed by atoms with Crippen LogP contribution < -0.4 is 16.2 Å². The lowest BCUT2D eigenvalue weighted by Gasteiger charge is -2.06. The van der Waals surface area contributed by atoms with Gasteiger partial charge in [-0.05, 0) is 17.5 Å². The second-order valence-electron chi connectivity index (χ2n) is 5.52. The molecule has 4 N–H and O–H groups in total.